The summed E-state index contributed by atoms with van der Waals surface area (Å²) in [4.78, 5) is 24.5. The highest BCUT2D eigenvalue weighted by Gasteiger charge is 2.34. The number of carbonyl (C=O) groups excluding carboxylic acids is 2. The van der Waals surface area contributed by atoms with Crippen molar-refractivity contribution in [1.82, 2.24) is 0 Å². The molecule has 25 heavy (non-hydrogen) atoms. The van der Waals surface area contributed by atoms with Gasteiger partial charge in [-0.3, -0.25) is 9.59 Å². The van der Waals surface area contributed by atoms with Crippen LogP contribution in [0.4, 0.5) is 5.69 Å². The highest BCUT2D eigenvalue weighted by Crippen LogP contribution is 2.40. The molecule has 1 fully saturated rings. The zero-order valence-corrected chi connectivity index (χ0v) is 16.2. The van der Waals surface area contributed by atoms with Gasteiger partial charge in [0.05, 0.1) is 5.92 Å². The fourth-order valence-corrected chi connectivity index (χ4v) is 3.52. The summed E-state index contributed by atoms with van der Waals surface area (Å²) in [6.45, 7) is 8.34. The summed E-state index contributed by atoms with van der Waals surface area (Å²) in [6.07, 6.45) is 2.91. The number of nitrogens with one attached hydrogen (secondary N) is 1. The number of hydrogen-bond donors (Lipinski definition) is 1. The van der Waals surface area contributed by atoms with Gasteiger partial charge in [0.25, 0.3) is 5.91 Å². The quantitative estimate of drug-likeness (QED) is 0.758. The van der Waals surface area contributed by atoms with Gasteiger partial charge >= 0.3 is 5.97 Å². The molecular formula is C20H28ClNO3. The highest BCUT2D eigenvalue weighted by atomic mass is 35.5. The van der Waals surface area contributed by atoms with Gasteiger partial charge < -0.3 is 10.1 Å². The summed E-state index contributed by atoms with van der Waals surface area (Å²) < 4.78 is 5.39. The van der Waals surface area contributed by atoms with E-state index in [1.54, 1.807) is 31.2 Å². The van der Waals surface area contributed by atoms with E-state index in [0.717, 1.165) is 25.7 Å². The van der Waals surface area contributed by atoms with Crippen molar-refractivity contribution in [3.05, 3.63) is 29.3 Å². The highest BCUT2D eigenvalue weighted by molar-refractivity contribution is 6.30. The van der Waals surface area contributed by atoms with Crippen LogP contribution in [0.2, 0.25) is 5.02 Å². The lowest BCUT2D eigenvalue weighted by Gasteiger charge is -2.36. The van der Waals surface area contributed by atoms with Gasteiger partial charge in [0, 0.05) is 10.7 Å². The van der Waals surface area contributed by atoms with E-state index in [1.807, 2.05) is 0 Å². The summed E-state index contributed by atoms with van der Waals surface area (Å²) in [7, 11) is 0. The Labute approximate surface area is 155 Å². The Kier molecular flexibility index (Phi) is 6.50. The zero-order valence-electron chi connectivity index (χ0n) is 15.5. The Morgan fingerprint density at radius 1 is 1.20 bits per heavy atom. The molecule has 1 aliphatic rings. The van der Waals surface area contributed by atoms with Crippen LogP contribution >= 0.6 is 11.6 Å². The summed E-state index contributed by atoms with van der Waals surface area (Å²) in [5.74, 6) is -0.0692. The minimum Gasteiger partial charge on any atom is -0.452 e. The number of carbonyl (C=O) groups is 2. The number of anilines is 1. The van der Waals surface area contributed by atoms with E-state index in [2.05, 4.69) is 26.1 Å². The lowest BCUT2D eigenvalue weighted by molar-refractivity contribution is -0.158. The molecule has 1 atom stereocenters. The average molecular weight is 366 g/mol. The lowest BCUT2D eigenvalue weighted by atomic mass is 9.70. The molecule has 1 aromatic rings. The fraction of sp³-hybridized carbons (Fsp3) is 0.600. The Hall–Kier alpha value is -1.55. The molecule has 5 heteroatoms. The van der Waals surface area contributed by atoms with Gasteiger partial charge in [-0.05, 0) is 62.1 Å². The van der Waals surface area contributed by atoms with E-state index in [9.17, 15) is 9.59 Å². The van der Waals surface area contributed by atoms with E-state index >= 15 is 0 Å². The Bertz CT molecular complexity index is 616. The number of ether oxygens (including phenoxy) is 1. The summed E-state index contributed by atoms with van der Waals surface area (Å²) >= 11 is 5.90. The van der Waals surface area contributed by atoms with Crippen LogP contribution in [0, 0.1) is 17.3 Å². The molecule has 0 unspecified atom stereocenters. The molecule has 0 aromatic heterocycles. The first-order valence-corrected chi connectivity index (χ1v) is 9.31. The van der Waals surface area contributed by atoms with E-state index in [1.165, 1.54) is 0 Å². The molecule has 1 N–H and O–H groups in total. The number of benzene rings is 1. The largest absolute Gasteiger partial charge is 0.452 e. The first-order valence-electron chi connectivity index (χ1n) is 8.93. The molecule has 0 heterocycles. The third-order valence-electron chi connectivity index (χ3n) is 5.04. The monoisotopic (exact) mass is 365 g/mol. The van der Waals surface area contributed by atoms with Gasteiger partial charge in [-0.25, -0.2) is 0 Å². The van der Waals surface area contributed by atoms with Crippen LogP contribution in [0.25, 0.3) is 0 Å². The number of esters is 1. The van der Waals surface area contributed by atoms with Crippen LogP contribution in [0.1, 0.15) is 53.4 Å². The van der Waals surface area contributed by atoms with Crippen molar-refractivity contribution in [1.29, 1.82) is 0 Å². The second-order valence-corrected chi connectivity index (χ2v) is 8.43. The second-order valence-electron chi connectivity index (χ2n) is 7.99. The standard InChI is InChI=1S/C20H28ClNO3/c1-13(18(23)22-17-7-5-6-16(21)12-17)25-19(24)14-8-10-15(11-9-14)20(2,3)4/h5-7,12-15H,8-11H2,1-4H3,(H,22,23)/t13-,14?,15?/m0/s1. The topological polar surface area (TPSA) is 55.4 Å². The van der Waals surface area contributed by atoms with Crippen molar-refractivity contribution in [2.24, 2.45) is 17.3 Å². The Morgan fingerprint density at radius 2 is 1.84 bits per heavy atom. The summed E-state index contributed by atoms with van der Waals surface area (Å²) in [5, 5.41) is 3.26. The second kappa shape index (κ2) is 8.22. The maximum absolute atomic E-state index is 12.4. The SMILES string of the molecule is C[C@H](OC(=O)C1CCC(C(C)(C)C)CC1)C(=O)Nc1cccc(Cl)c1. The Balaban J connectivity index is 1.83. The zero-order chi connectivity index (χ0) is 18.6. The van der Waals surface area contributed by atoms with Crippen molar-refractivity contribution in [2.75, 3.05) is 5.32 Å². The van der Waals surface area contributed by atoms with Gasteiger partial charge in [0.1, 0.15) is 0 Å². The van der Waals surface area contributed by atoms with Crippen molar-refractivity contribution in [3.8, 4) is 0 Å². The lowest BCUT2D eigenvalue weighted by Crippen LogP contribution is -2.34. The summed E-state index contributed by atoms with van der Waals surface area (Å²) in [5.41, 5.74) is 0.866. The van der Waals surface area contributed by atoms with Crippen LogP contribution in [-0.2, 0) is 14.3 Å². The third-order valence-corrected chi connectivity index (χ3v) is 5.27. The maximum Gasteiger partial charge on any atom is 0.309 e. The molecule has 0 saturated heterocycles. The molecule has 2 rings (SSSR count). The average Bonchev–Trinajstić information content (AvgIpc) is 2.54. The molecule has 1 aliphatic carbocycles. The van der Waals surface area contributed by atoms with E-state index in [4.69, 9.17) is 16.3 Å². The maximum atomic E-state index is 12.4. The molecule has 1 saturated carbocycles. The van der Waals surface area contributed by atoms with Crippen molar-refractivity contribution in [2.45, 2.75) is 59.5 Å². The Morgan fingerprint density at radius 3 is 2.40 bits per heavy atom. The molecule has 0 bridgehead atoms. The minimum atomic E-state index is -0.827. The van der Waals surface area contributed by atoms with Crippen molar-refractivity contribution in [3.63, 3.8) is 0 Å². The third kappa shape index (κ3) is 5.74. The van der Waals surface area contributed by atoms with Crippen LogP contribution < -0.4 is 5.32 Å². The van der Waals surface area contributed by atoms with Crippen LogP contribution in [-0.4, -0.2) is 18.0 Å². The molecule has 138 valence electrons. The van der Waals surface area contributed by atoms with Crippen molar-refractivity contribution >= 4 is 29.2 Å². The smallest absolute Gasteiger partial charge is 0.309 e. The minimum absolute atomic E-state index is 0.0972. The molecule has 0 radical (unpaired) electrons. The molecular weight excluding hydrogens is 338 g/mol. The normalized spacial score (nSPS) is 22.1. The number of rotatable bonds is 4. The van der Waals surface area contributed by atoms with Crippen LogP contribution in [0.15, 0.2) is 24.3 Å². The predicted molar refractivity (Wildman–Crippen MR) is 101 cm³/mol. The first-order chi connectivity index (χ1) is 11.7. The molecule has 0 spiro atoms. The first kappa shape index (κ1) is 19.8. The van der Waals surface area contributed by atoms with Gasteiger partial charge in [-0.1, -0.05) is 38.4 Å². The predicted octanol–water partition coefficient (Wildman–Crippen LogP) is 5.06. The molecule has 4 nitrogen and oxygen atoms in total. The number of hydrogen-bond acceptors (Lipinski definition) is 3. The number of amides is 1. The van der Waals surface area contributed by atoms with E-state index in [0.29, 0.717) is 16.6 Å². The van der Waals surface area contributed by atoms with E-state index in [-0.39, 0.29) is 23.2 Å². The van der Waals surface area contributed by atoms with Crippen LogP contribution in [0.5, 0.6) is 0 Å². The van der Waals surface area contributed by atoms with Crippen molar-refractivity contribution < 1.29 is 14.3 Å². The van der Waals surface area contributed by atoms with E-state index < -0.39 is 6.10 Å². The number of halogens is 1. The molecule has 0 aliphatic heterocycles. The van der Waals surface area contributed by atoms with Crippen LogP contribution in [0.3, 0.4) is 0 Å². The van der Waals surface area contributed by atoms with Gasteiger partial charge in [0.15, 0.2) is 6.10 Å². The fourth-order valence-electron chi connectivity index (χ4n) is 3.33. The molecule has 1 aromatic carbocycles. The van der Waals surface area contributed by atoms with Gasteiger partial charge in [-0.15, -0.1) is 0 Å². The van der Waals surface area contributed by atoms with Gasteiger partial charge in [-0.2, -0.15) is 0 Å². The summed E-state index contributed by atoms with van der Waals surface area (Å²) in [6, 6.07) is 6.88. The van der Waals surface area contributed by atoms with Gasteiger partial charge in [0.2, 0.25) is 0 Å². The molecule has 1 amide bonds.